The number of carbonyl (C=O) groups excluding carboxylic acids is 1. The average Bonchev–Trinajstić information content (AvgIpc) is 2.57. The normalized spacial score (nSPS) is 29.6. The zero-order chi connectivity index (χ0) is 18.7. The third-order valence-electron chi connectivity index (χ3n) is 5.12. The number of carbonyl (C=O) groups is 1. The quantitative estimate of drug-likeness (QED) is 0.340. The minimum Gasteiger partial charge on any atom is -0.390 e. The first-order chi connectivity index (χ1) is 11.9. The Morgan fingerprint density at radius 1 is 0.880 bits per heavy atom. The molecule has 1 saturated carbocycles. The minimum atomic E-state index is -1.81. The van der Waals surface area contributed by atoms with Gasteiger partial charge < -0.3 is 25.7 Å². The Hall–Kier alpha value is -0.690. The molecule has 25 heavy (non-hydrogen) atoms. The molecule has 1 rings (SSSR count). The third kappa shape index (κ3) is 8.03. The molecule has 0 aromatic carbocycles. The van der Waals surface area contributed by atoms with Crippen LogP contribution in [0.25, 0.3) is 0 Å². The molecule has 0 aromatic rings. The lowest BCUT2D eigenvalue weighted by Gasteiger charge is -2.39. The van der Waals surface area contributed by atoms with E-state index in [-0.39, 0.29) is 12.8 Å². The molecule has 0 unspecified atom stereocenters. The van der Waals surface area contributed by atoms with Crippen molar-refractivity contribution >= 4 is 5.91 Å². The lowest BCUT2D eigenvalue weighted by molar-refractivity contribution is -0.172. The van der Waals surface area contributed by atoms with Gasteiger partial charge in [-0.05, 0) is 6.42 Å². The van der Waals surface area contributed by atoms with Gasteiger partial charge in [0.15, 0.2) is 0 Å². The molecule has 148 valence electrons. The second-order valence-electron chi connectivity index (χ2n) is 7.50. The molecule has 0 heterocycles. The first-order valence-corrected chi connectivity index (χ1v) is 9.95. The lowest BCUT2D eigenvalue weighted by Crippen LogP contribution is -2.59. The number of aliphatic hydroxyl groups is 4. The highest BCUT2D eigenvalue weighted by atomic mass is 16.4. The van der Waals surface area contributed by atoms with Crippen molar-refractivity contribution in [2.75, 3.05) is 6.54 Å². The number of nitrogens with one attached hydrogen (secondary N) is 1. The molecule has 6 heteroatoms. The van der Waals surface area contributed by atoms with Crippen molar-refractivity contribution in [3.8, 4) is 0 Å². The lowest BCUT2D eigenvalue weighted by atomic mass is 9.79. The van der Waals surface area contributed by atoms with Gasteiger partial charge in [0.25, 0.3) is 5.91 Å². The van der Waals surface area contributed by atoms with Crippen molar-refractivity contribution in [2.45, 2.75) is 108 Å². The Labute approximate surface area is 151 Å². The maximum absolute atomic E-state index is 12.1. The van der Waals surface area contributed by atoms with Crippen LogP contribution in [-0.4, -0.2) is 56.8 Å². The maximum atomic E-state index is 12.1. The fourth-order valence-corrected chi connectivity index (χ4v) is 3.44. The summed E-state index contributed by atoms with van der Waals surface area (Å²) < 4.78 is 0. The van der Waals surface area contributed by atoms with E-state index >= 15 is 0 Å². The molecule has 5 N–H and O–H groups in total. The largest absolute Gasteiger partial charge is 0.390 e. The second-order valence-corrected chi connectivity index (χ2v) is 7.50. The first kappa shape index (κ1) is 22.4. The molecule has 0 radical (unpaired) electrons. The van der Waals surface area contributed by atoms with Gasteiger partial charge in [0, 0.05) is 19.4 Å². The van der Waals surface area contributed by atoms with Gasteiger partial charge in [-0.25, -0.2) is 0 Å². The average molecular weight is 360 g/mol. The van der Waals surface area contributed by atoms with E-state index in [2.05, 4.69) is 12.2 Å². The topological polar surface area (TPSA) is 110 Å². The standard InChI is InChI=1S/C19H37NO5/c1-2-3-4-5-6-7-8-9-10-11-12-20-18(24)19(25)13-15(21)17(23)16(22)14-19/h15-17,21-23,25H,2-14H2,1H3,(H,20,24)/t15-,16-,17?,19?/m1/s1. The van der Waals surface area contributed by atoms with Crippen molar-refractivity contribution in [1.29, 1.82) is 0 Å². The predicted molar refractivity (Wildman–Crippen MR) is 97.1 cm³/mol. The molecule has 1 amide bonds. The Balaban J connectivity index is 2.07. The Morgan fingerprint density at radius 3 is 1.80 bits per heavy atom. The number of hydrogen-bond acceptors (Lipinski definition) is 5. The molecular weight excluding hydrogens is 322 g/mol. The summed E-state index contributed by atoms with van der Waals surface area (Å²) >= 11 is 0. The summed E-state index contributed by atoms with van der Waals surface area (Å²) in [5.41, 5.74) is -1.81. The Bertz CT molecular complexity index is 365. The fraction of sp³-hybridized carbons (Fsp3) is 0.947. The summed E-state index contributed by atoms with van der Waals surface area (Å²) in [6, 6.07) is 0. The summed E-state index contributed by atoms with van der Waals surface area (Å²) in [6.45, 7) is 2.70. The summed E-state index contributed by atoms with van der Waals surface area (Å²) in [5.74, 6) is -0.576. The Kier molecular flexibility index (Phi) is 10.6. The monoisotopic (exact) mass is 359 g/mol. The van der Waals surface area contributed by atoms with E-state index in [9.17, 15) is 25.2 Å². The highest BCUT2D eigenvalue weighted by Gasteiger charge is 2.48. The van der Waals surface area contributed by atoms with E-state index in [4.69, 9.17) is 0 Å². The van der Waals surface area contributed by atoms with Crippen LogP contribution in [0.15, 0.2) is 0 Å². The van der Waals surface area contributed by atoms with Crippen LogP contribution in [0.3, 0.4) is 0 Å². The fourth-order valence-electron chi connectivity index (χ4n) is 3.44. The SMILES string of the molecule is CCCCCCCCCCCCNC(=O)C1(O)C[C@@H](O)C(O)[C@H](O)C1. The van der Waals surface area contributed by atoms with Gasteiger partial charge in [0.1, 0.15) is 11.7 Å². The van der Waals surface area contributed by atoms with E-state index in [0.717, 1.165) is 19.3 Å². The van der Waals surface area contributed by atoms with Gasteiger partial charge in [0.05, 0.1) is 12.2 Å². The molecule has 0 saturated heterocycles. The molecule has 0 aliphatic heterocycles. The molecule has 6 nitrogen and oxygen atoms in total. The molecule has 1 aliphatic carbocycles. The summed E-state index contributed by atoms with van der Waals surface area (Å²) in [7, 11) is 0. The summed E-state index contributed by atoms with van der Waals surface area (Å²) in [4.78, 5) is 12.1. The second kappa shape index (κ2) is 11.8. The predicted octanol–water partition coefficient (Wildman–Crippen LogP) is 1.63. The van der Waals surface area contributed by atoms with Gasteiger partial charge in [0.2, 0.25) is 0 Å². The van der Waals surface area contributed by atoms with E-state index in [1.807, 2.05) is 0 Å². The molecule has 1 fully saturated rings. The molecule has 0 spiro atoms. The number of rotatable bonds is 12. The Morgan fingerprint density at radius 2 is 1.32 bits per heavy atom. The maximum Gasteiger partial charge on any atom is 0.252 e. The molecule has 0 bridgehead atoms. The van der Waals surface area contributed by atoms with E-state index < -0.39 is 29.8 Å². The summed E-state index contributed by atoms with van der Waals surface area (Å²) in [6.07, 6.45) is 7.71. The summed E-state index contributed by atoms with van der Waals surface area (Å²) in [5, 5.41) is 41.8. The van der Waals surface area contributed by atoms with Gasteiger partial charge in [-0.2, -0.15) is 0 Å². The van der Waals surface area contributed by atoms with Crippen LogP contribution in [0.5, 0.6) is 0 Å². The zero-order valence-electron chi connectivity index (χ0n) is 15.6. The molecule has 2 atom stereocenters. The molecular formula is C19H37NO5. The van der Waals surface area contributed by atoms with Gasteiger partial charge in [-0.3, -0.25) is 4.79 Å². The van der Waals surface area contributed by atoms with Crippen molar-refractivity contribution in [3.05, 3.63) is 0 Å². The van der Waals surface area contributed by atoms with Crippen LogP contribution in [-0.2, 0) is 4.79 Å². The number of unbranched alkanes of at least 4 members (excludes halogenated alkanes) is 9. The van der Waals surface area contributed by atoms with Crippen molar-refractivity contribution in [3.63, 3.8) is 0 Å². The van der Waals surface area contributed by atoms with E-state index in [1.54, 1.807) is 0 Å². The van der Waals surface area contributed by atoms with E-state index in [0.29, 0.717) is 6.54 Å². The third-order valence-corrected chi connectivity index (χ3v) is 5.12. The molecule has 0 aromatic heterocycles. The highest BCUT2D eigenvalue weighted by Crippen LogP contribution is 2.29. The highest BCUT2D eigenvalue weighted by molar-refractivity contribution is 5.85. The van der Waals surface area contributed by atoms with Crippen LogP contribution in [0.2, 0.25) is 0 Å². The van der Waals surface area contributed by atoms with Gasteiger partial charge >= 0.3 is 0 Å². The number of hydrogen-bond donors (Lipinski definition) is 5. The van der Waals surface area contributed by atoms with Crippen molar-refractivity contribution in [2.24, 2.45) is 0 Å². The van der Waals surface area contributed by atoms with Crippen LogP contribution in [0.4, 0.5) is 0 Å². The van der Waals surface area contributed by atoms with Crippen LogP contribution < -0.4 is 5.32 Å². The van der Waals surface area contributed by atoms with Crippen LogP contribution >= 0.6 is 0 Å². The van der Waals surface area contributed by atoms with Gasteiger partial charge in [-0.15, -0.1) is 0 Å². The van der Waals surface area contributed by atoms with Crippen LogP contribution in [0.1, 0.15) is 84.0 Å². The molecule has 1 aliphatic rings. The smallest absolute Gasteiger partial charge is 0.252 e. The number of amides is 1. The first-order valence-electron chi connectivity index (χ1n) is 9.95. The number of aliphatic hydroxyl groups excluding tert-OH is 3. The van der Waals surface area contributed by atoms with Crippen LogP contribution in [0, 0.1) is 0 Å². The zero-order valence-corrected chi connectivity index (χ0v) is 15.6. The van der Waals surface area contributed by atoms with Crippen molar-refractivity contribution in [1.82, 2.24) is 5.32 Å². The van der Waals surface area contributed by atoms with Gasteiger partial charge in [-0.1, -0.05) is 64.7 Å². The minimum absolute atomic E-state index is 0.255. The van der Waals surface area contributed by atoms with Crippen molar-refractivity contribution < 1.29 is 25.2 Å². The van der Waals surface area contributed by atoms with E-state index in [1.165, 1.54) is 44.9 Å².